The van der Waals surface area contributed by atoms with Gasteiger partial charge in [-0.25, -0.2) is 0 Å². The van der Waals surface area contributed by atoms with Gasteiger partial charge >= 0.3 is 0 Å². The molecule has 0 radical (unpaired) electrons. The molecular formula is C15H17Br2NO3. The molecule has 0 aliphatic rings. The summed E-state index contributed by atoms with van der Waals surface area (Å²) in [6, 6.07) is 5.76. The Morgan fingerprint density at radius 1 is 1.14 bits per heavy atom. The van der Waals surface area contributed by atoms with E-state index >= 15 is 0 Å². The first-order valence-electron chi connectivity index (χ1n) is 6.43. The molecule has 0 spiro atoms. The summed E-state index contributed by atoms with van der Waals surface area (Å²) >= 11 is 6.94. The summed E-state index contributed by atoms with van der Waals surface area (Å²) in [5.74, 6) is 3.29. The third kappa shape index (κ3) is 4.02. The highest BCUT2D eigenvalue weighted by molar-refractivity contribution is 9.11. The second-order valence-electron chi connectivity index (χ2n) is 4.53. The standard InChI is InChI=1S/C15H17Br2NO3/c1-9-10(4-11(21-9)7-18-2)8-20-15-6-12(16)14(19-3)5-13(15)17/h4-6,18H,7-8H2,1-3H3. The Morgan fingerprint density at radius 3 is 2.48 bits per heavy atom. The van der Waals surface area contributed by atoms with E-state index in [1.165, 1.54) is 0 Å². The molecule has 0 amide bonds. The predicted octanol–water partition coefficient (Wildman–Crippen LogP) is 4.42. The van der Waals surface area contributed by atoms with Crippen molar-refractivity contribution in [1.29, 1.82) is 0 Å². The highest BCUT2D eigenvalue weighted by Crippen LogP contribution is 2.36. The smallest absolute Gasteiger partial charge is 0.135 e. The van der Waals surface area contributed by atoms with Gasteiger partial charge in [-0.15, -0.1) is 0 Å². The number of hydrogen-bond donors (Lipinski definition) is 1. The highest BCUT2D eigenvalue weighted by Gasteiger charge is 2.11. The molecule has 1 N–H and O–H groups in total. The van der Waals surface area contributed by atoms with E-state index in [9.17, 15) is 0 Å². The molecule has 0 fully saturated rings. The van der Waals surface area contributed by atoms with E-state index in [1.807, 2.05) is 32.2 Å². The fourth-order valence-corrected chi connectivity index (χ4v) is 2.85. The lowest BCUT2D eigenvalue weighted by Crippen LogP contribution is -2.03. The Morgan fingerprint density at radius 2 is 1.81 bits per heavy atom. The summed E-state index contributed by atoms with van der Waals surface area (Å²) < 4.78 is 18.4. The molecule has 0 aliphatic heterocycles. The first kappa shape index (κ1) is 16.4. The number of benzene rings is 1. The Labute approximate surface area is 141 Å². The molecule has 6 heteroatoms. The van der Waals surface area contributed by atoms with Gasteiger partial charge in [0.1, 0.15) is 29.6 Å². The van der Waals surface area contributed by atoms with Crippen molar-refractivity contribution in [2.45, 2.75) is 20.1 Å². The van der Waals surface area contributed by atoms with Crippen molar-refractivity contribution in [3.63, 3.8) is 0 Å². The zero-order valence-corrected chi connectivity index (χ0v) is 15.3. The maximum absolute atomic E-state index is 5.86. The van der Waals surface area contributed by atoms with Gasteiger partial charge in [-0.3, -0.25) is 0 Å². The first-order valence-corrected chi connectivity index (χ1v) is 8.02. The number of nitrogens with one attached hydrogen (secondary N) is 1. The molecule has 114 valence electrons. The van der Waals surface area contributed by atoms with E-state index in [-0.39, 0.29) is 0 Å². The Balaban J connectivity index is 2.11. The van der Waals surface area contributed by atoms with Crippen molar-refractivity contribution in [1.82, 2.24) is 5.32 Å². The lowest BCUT2D eigenvalue weighted by molar-refractivity contribution is 0.300. The van der Waals surface area contributed by atoms with Gasteiger partial charge in [0, 0.05) is 5.56 Å². The van der Waals surface area contributed by atoms with Crippen molar-refractivity contribution in [2.75, 3.05) is 14.2 Å². The van der Waals surface area contributed by atoms with Crippen LogP contribution in [0.4, 0.5) is 0 Å². The number of hydrogen-bond acceptors (Lipinski definition) is 4. The van der Waals surface area contributed by atoms with Gasteiger partial charge in [0.15, 0.2) is 0 Å². The molecular weight excluding hydrogens is 402 g/mol. The SMILES string of the molecule is CNCc1cc(COc2cc(Br)c(OC)cc2Br)c(C)o1. The van der Waals surface area contributed by atoms with Gasteiger partial charge in [0.05, 0.1) is 22.6 Å². The van der Waals surface area contributed by atoms with Crippen LogP contribution in [0.5, 0.6) is 11.5 Å². The maximum atomic E-state index is 5.86. The zero-order valence-electron chi connectivity index (χ0n) is 12.1. The number of halogens is 2. The molecule has 0 bridgehead atoms. The summed E-state index contributed by atoms with van der Waals surface area (Å²) in [7, 11) is 3.52. The number of furan rings is 1. The lowest BCUT2D eigenvalue weighted by atomic mass is 10.2. The van der Waals surface area contributed by atoms with E-state index in [2.05, 4.69) is 37.2 Å². The van der Waals surface area contributed by atoms with Gasteiger partial charge < -0.3 is 19.2 Å². The zero-order chi connectivity index (χ0) is 15.4. The molecule has 2 rings (SSSR count). The Bertz CT molecular complexity index is 626. The number of methoxy groups -OCH3 is 1. The Kier molecular flexibility index (Phi) is 5.72. The van der Waals surface area contributed by atoms with Crippen LogP contribution in [-0.2, 0) is 13.2 Å². The third-order valence-corrected chi connectivity index (χ3v) is 4.25. The number of rotatable bonds is 6. The molecule has 21 heavy (non-hydrogen) atoms. The molecule has 1 aromatic heterocycles. The normalized spacial score (nSPS) is 10.7. The average molecular weight is 419 g/mol. The molecule has 2 aromatic rings. The van der Waals surface area contributed by atoms with Crippen LogP contribution < -0.4 is 14.8 Å². The summed E-state index contributed by atoms with van der Waals surface area (Å²) in [6.45, 7) is 3.10. The van der Waals surface area contributed by atoms with E-state index < -0.39 is 0 Å². The molecule has 0 atom stereocenters. The van der Waals surface area contributed by atoms with Crippen LogP contribution in [0.3, 0.4) is 0 Å². The minimum Gasteiger partial charge on any atom is -0.496 e. The van der Waals surface area contributed by atoms with Crippen LogP contribution in [0, 0.1) is 6.92 Å². The van der Waals surface area contributed by atoms with E-state index in [4.69, 9.17) is 13.9 Å². The number of ether oxygens (including phenoxy) is 2. The summed E-state index contributed by atoms with van der Waals surface area (Å²) in [6.07, 6.45) is 0. The fraction of sp³-hybridized carbons (Fsp3) is 0.333. The molecule has 1 heterocycles. The Hall–Kier alpha value is -0.980. The van der Waals surface area contributed by atoms with Crippen molar-refractivity contribution >= 4 is 31.9 Å². The lowest BCUT2D eigenvalue weighted by Gasteiger charge is -2.10. The second-order valence-corrected chi connectivity index (χ2v) is 6.24. The van der Waals surface area contributed by atoms with E-state index in [0.29, 0.717) is 13.2 Å². The maximum Gasteiger partial charge on any atom is 0.135 e. The topological polar surface area (TPSA) is 43.6 Å². The van der Waals surface area contributed by atoms with Crippen LogP contribution in [-0.4, -0.2) is 14.2 Å². The summed E-state index contributed by atoms with van der Waals surface area (Å²) in [5, 5.41) is 3.07. The average Bonchev–Trinajstić information content (AvgIpc) is 2.80. The summed E-state index contributed by atoms with van der Waals surface area (Å²) in [5.41, 5.74) is 1.04. The van der Waals surface area contributed by atoms with Crippen LogP contribution in [0.1, 0.15) is 17.1 Å². The molecule has 0 saturated carbocycles. The minimum absolute atomic E-state index is 0.455. The first-order chi connectivity index (χ1) is 10.0. The second kappa shape index (κ2) is 7.33. The number of aryl methyl sites for hydroxylation is 1. The van der Waals surface area contributed by atoms with Crippen LogP contribution in [0.15, 0.2) is 31.6 Å². The predicted molar refractivity (Wildman–Crippen MR) is 88.9 cm³/mol. The molecule has 0 saturated heterocycles. The fourth-order valence-electron chi connectivity index (χ4n) is 1.93. The third-order valence-electron chi connectivity index (χ3n) is 3.01. The van der Waals surface area contributed by atoms with Gasteiger partial charge in [-0.2, -0.15) is 0 Å². The molecule has 1 aromatic carbocycles. The largest absolute Gasteiger partial charge is 0.496 e. The monoisotopic (exact) mass is 417 g/mol. The molecule has 4 nitrogen and oxygen atoms in total. The van der Waals surface area contributed by atoms with Gasteiger partial charge in [0.2, 0.25) is 0 Å². The van der Waals surface area contributed by atoms with Crippen molar-refractivity contribution < 1.29 is 13.9 Å². The highest BCUT2D eigenvalue weighted by atomic mass is 79.9. The van der Waals surface area contributed by atoms with Gasteiger partial charge in [-0.05, 0) is 64.0 Å². The minimum atomic E-state index is 0.455. The van der Waals surface area contributed by atoms with E-state index in [0.717, 1.165) is 37.5 Å². The van der Waals surface area contributed by atoms with Crippen molar-refractivity contribution in [3.8, 4) is 11.5 Å². The van der Waals surface area contributed by atoms with Gasteiger partial charge in [0.25, 0.3) is 0 Å². The van der Waals surface area contributed by atoms with Crippen LogP contribution in [0.2, 0.25) is 0 Å². The van der Waals surface area contributed by atoms with E-state index in [1.54, 1.807) is 7.11 Å². The quantitative estimate of drug-likeness (QED) is 0.753. The van der Waals surface area contributed by atoms with Crippen LogP contribution in [0.25, 0.3) is 0 Å². The van der Waals surface area contributed by atoms with Crippen molar-refractivity contribution in [2.24, 2.45) is 0 Å². The van der Waals surface area contributed by atoms with Crippen LogP contribution >= 0.6 is 31.9 Å². The van der Waals surface area contributed by atoms with Crippen molar-refractivity contribution in [3.05, 3.63) is 44.2 Å². The van der Waals surface area contributed by atoms with Gasteiger partial charge in [-0.1, -0.05) is 0 Å². The molecule has 0 aliphatic carbocycles. The summed E-state index contributed by atoms with van der Waals surface area (Å²) in [4.78, 5) is 0. The molecule has 0 unspecified atom stereocenters.